The van der Waals surface area contributed by atoms with Crippen LogP contribution in [0.2, 0.25) is 10.0 Å². The number of benzene rings is 2. The standard InChI is InChI=1S/C25H21Cl2N3O4/c1-15-20(16(2)34-30-15)14-32-19-9-7-17(8-10-19)11-24(31)29-22-5-3-4-6-23(22)33-25-21(27)12-18(26)13-28-25/h3-10,12-13H,11,14H2,1-2H3,(H,29,31). The molecule has 2 heterocycles. The molecule has 0 spiro atoms. The Kier molecular flexibility index (Phi) is 7.35. The normalized spacial score (nSPS) is 10.7. The Morgan fingerprint density at radius 3 is 2.56 bits per heavy atom. The zero-order valence-corrected chi connectivity index (χ0v) is 20.0. The number of hydrogen-bond donors (Lipinski definition) is 1. The number of carbonyl (C=O) groups is 1. The van der Waals surface area contributed by atoms with Crippen molar-refractivity contribution in [1.29, 1.82) is 0 Å². The fourth-order valence-corrected chi connectivity index (χ4v) is 3.61. The van der Waals surface area contributed by atoms with Crippen molar-refractivity contribution in [1.82, 2.24) is 10.1 Å². The average molecular weight is 498 g/mol. The predicted octanol–water partition coefficient (Wildman–Crippen LogP) is 6.55. The lowest BCUT2D eigenvalue weighted by atomic mass is 10.1. The molecule has 7 nitrogen and oxygen atoms in total. The topological polar surface area (TPSA) is 86.5 Å². The number of carbonyl (C=O) groups excluding carboxylic acids is 1. The van der Waals surface area contributed by atoms with Gasteiger partial charge in [-0.05, 0) is 49.7 Å². The lowest BCUT2D eigenvalue weighted by Gasteiger charge is -2.12. The van der Waals surface area contributed by atoms with Gasteiger partial charge in [0.25, 0.3) is 0 Å². The molecular formula is C25H21Cl2N3O4. The number of pyridine rings is 1. The summed E-state index contributed by atoms with van der Waals surface area (Å²) < 4.78 is 16.8. The molecule has 0 aliphatic heterocycles. The predicted molar refractivity (Wildman–Crippen MR) is 130 cm³/mol. The van der Waals surface area contributed by atoms with Gasteiger partial charge in [-0.2, -0.15) is 0 Å². The van der Waals surface area contributed by atoms with Crippen molar-refractivity contribution in [3.63, 3.8) is 0 Å². The third-order valence-electron chi connectivity index (χ3n) is 4.99. The first kappa shape index (κ1) is 23.6. The molecule has 34 heavy (non-hydrogen) atoms. The molecule has 0 radical (unpaired) electrons. The van der Waals surface area contributed by atoms with Crippen molar-refractivity contribution in [2.45, 2.75) is 26.9 Å². The Balaban J connectivity index is 1.36. The summed E-state index contributed by atoms with van der Waals surface area (Å²) in [7, 11) is 0. The largest absolute Gasteiger partial charge is 0.489 e. The van der Waals surface area contributed by atoms with Crippen LogP contribution in [-0.4, -0.2) is 16.0 Å². The summed E-state index contributed by atoms with van der Waals surface area (Å²) in [6, 6.07) is 15.9. The van der Waals surface area contributed by atoms with Crippen LogP contribution < -0.4 is 14.8 Å². The second-order valence-corrected chi connectivity index (χ2v) is 8.34. The molecule has 4 rings (SSSR count). The first-order chi connectivity index (χ1) is 16.4. The minimum Gasteiger partial charge on any atom is -0.489 e. The summed E-state index contributed by atoms with van der Waals surface area (Å²) in [5.74, 6) is 1.84. The molecule has 2 aromatic heterocycles. The van der Waals surface area contributed by atoms with Crippen LogP contribution >= 0.6 is 23.2 Å². The number of nitrogens with one attached hydrogen (secondary N) is 1. The first-order valence-electron chi connectivity index (χ1n) is 10.4. The van der Waals surface area contributed by atoms with Gasteiger partial charge in [0.05, 0.1) is 28.4 Å². The quantitative estimate of drug-likeness (QED) is 0.297. The van der Waals surface area contributed by atoms with Crippen molar-refractivity contribution >= 4 is 34.8 Å². The van der Waals surface area contributed by atoms with Crippen LogP contribution in [0, 0.1) is 13.8 Å². The van der Waals surface area contributed by atoms with Crippen LogP contribution in [-0.2, 0) is 17.8 Å². The number of amides is 1. The van der Waals surface area contributed by atoms with Crippen molar-refractivity contribution in [2.24, 2.45) is 0 Å². The van der Waals surface area contributed by atoms with Gasteiger partial charge in [0.15, 0.2) is 5.75 Å². The van der Waals surface area contributed by atoms with Crippen molar-refractivity contribution in [3.8, 4) is 17.4 Å². The fraction of sp³-hybridized carbons (Fsp3) is 0.160. The second-order valence-electron chi connectivity index (χ2n) is 7.50. The van der Waals surface area contributed by atoms with Gasteiger partial charge in [0.1, 0.15) is 23.1 Å². The Hall–Kier alpha value is -3.55. The Labute approximate surface area is 206 Å². The number of hydrogen-bond acceptors (Lipinski definition) is 6. The number of anilines is 1. The molecule has 2 aromatic carbocycles. The molecule has 0 aliphatic carbocycles. The molecule has 1 amide bonds. The first-order valence-corrected chi connectivity index (χ1v) is 11.2. The summed E-state index contributed by atoms with van der Waals surface area (Å²) in [5.41, 5.74) is 3.08. The average Bonchev–Trinajstić information content (AvgIpc) is 3.13. The Bertz CT molecular complexity index is 1290. The van der Waals surface area contributed by atoms with E-state index in [1.807, 2.05) is 38.1 Å². The van der Waals surface area contributed by atoms with Crippen LogP contribution in [0.25, 0.3) is 0 Å². The molecule has 0 saturated heterocycles. The van der Waals surface area contributed by atoms with E-state index in [1.165, 1.54) is 12.3 Å². The molecule has 0 bridgehead atoms. The van der Waals surface area contributed by atoms with Crippen LogP contribution in [0.1, 0.15) is 22.6 Å². The smallest absolute Gasteiger partial charge is 0.238 e. The maximum Gasteiger partial charge on any atom is 0.238 e. The van der Waals surface area contributed by atoms with Gasteiger partial charge in [-0.1, -0.05) is 52.6 Å². The van der Waals surface area contributed by atoms with Gasteiger partial charge in [0.2, 0.25) is 11.8 Å². The van der Waals surface area contributed by atoms with Crippen molar-refractivity contribution in [2.75, 3.05) is 5.32 Å². The highest BCUT2D eigenvalue weighted by molar-refractivity contribution is 6.35. The molecule has 0 saturated carbocycles. The van der Waals surface area contributed by atoms with E-state index in [9.17, 15) is 4.79 Å². The molecule has 0 unspecified atom stereocenters. The van der Waals surface area contributed by atoms with Gasteiger partial charge in [-0.15, -0.1) is 0 Å². The third kappa shape index (κ3) is 5.87. The summed E-state index contributed by atoms with van der Waals surface area (Å²) >= 11 is 12.0. The highest BCUT2D eigenvalue weighted by Crippen LogP contribution is 2.33. The second kappa shape index (κ2) is 10.6. The molecule has 0 atom stereocenters. The lowest BCUT2D eigenvalue weighted by Crippen LogP contribution is -2.15. The zero-order valence-electron chi connectivity index (χ0n) is 18.5. The van der Waals surface area contributed by atoms with Crippen LogP contribution in [0.3, 0.4) is 0 Å². The van der Waals surface area contributed by atoms with Gasteiger partial charge in [0, 0.05) is 6.20 Å². The van der Waals surface area contributed by atoms with E-state index < -0.39 is 0 Å². The SMILES string of the molecule is Cc1noc(C)c1COc1ccc(CC(=O)Nc2ccccc2Oc2ncc(Cl)cc2Cl)cc1. The minimum atomic E-state index is -0.199. The molecule has 0 fully saturated rings. The number of halogens is 2. The van der Waals surface area contributed by atoms with Crippen LogP contribution in [0.15, 0.2) is 65.3 Å². The van der Waals surface area contributed by atoms with Crippen molar-refractivity contribution < 1.29 is 18.8 Å². The highest BCUT2D eigenvalue weighted by atomic mass is 35.5. The number of aryl methyl sites for hydroxylation is 2. The zero-order chi connectivity index (χ0) is 24.1. The van der Waals surface area contributed by atoms with E-state index in [4.69, 9.17) is 37.2 Å². The number of para-hydroxylation sites is 2. The fourth-order valence-electron chi connectivity index (χ4n) is 3.19. The van der Waals surface area contributed by atoms with Gasteiger partial charge >= 0.3 is 0 Å². The third-order valence-corrected chi connectivity index (χ3v) is 5.47. The van der Waals surface area contributed by atoms with Gasteiger partial charge < -0.3 is 19.3 Å². The van der Waals surface area contributed by atoms with Gasteiger partial charge in [-0.3, -0.25) is 4.79 Å². The number of nitrogens with zero attached hydrogens (tertiary/aromatic N) is 2. The molecular weight excluding hydrogens is 477 g/mol. The number of rotatable bonds is 8. The molecule has 1 N–H and O–H groups in total. The summed E-state index contributed by atoms with van der Waals surface area (Å²) in [6.45, 7) is 4.09. The van der Waals surface area contributed by atoms with Gasteiger partial charge in [-0.25, -0.2) is 4.98 Å². The summed E-state index contributed by atoms with van der Waals surface area (Å²) in [5, 5.41) is 7.47. The van der Waals surface area contributed by atoms with Crippen LogP contribution in [0.5, 0.6) is 17.4 Å². The maximum atomic E-state index is 12.7. The van der Waals surface area contributed by atoms with E-state index in [2.05, 4.69) is 15.5 Å². The molecule has 0 aliphatic rings. The van der Waals surface area contributed by atoms with Crippen LogP contribution in [0.4, 0.5) is 5.69 Å². The van der Waals surface area contributed by atoms with E-state index in [-0.39, 0.29) is 23.2 Å². The molecule has 174 valence electrons. The summed E-state index contributed by atoms with van der Waals surface area (Å²) in [6.07, 6.45) is 1.62. The minimum absolute atomic E-state index is 0.179. The van der Waals surface area contributed by atoms with E-state index in [0.717, 1.165) is 22.6 Å². The maximum absolute atomic E-state index is 12.7. The van der Waals surface area contributed by atoms with E-state index in [1.54, 1.807) is 24.3 Å². The van der Waals surface area contributed by atoms with E-state index in [0.29, 0.717) is 28.8 Å². The molecule has 9 heteroatoms. The monoisotopic (exact) mass is 497 g/mol. The Morgan fingerprint density at radius 1 is 1.09 bits per heavy atom. The Morgan fingerprint density at radius 2 is 1.85 bits per heavy atom. The lowest BCUT2D eigenvalue weighted by molar-refractivity contribution is -0.115. The number of aromatic nitrogens is 2. The molecule has 4 aromatic rings. The number of ether oxygens (including phenoxy) is 2. The van der Waals surface area contributed by atoms with E-state index >= 15 is 0 Å². The summed E-state index contributed by atoms with van der Waals surface area (Å²) in [4.78, 5) is 16.8. The van der Waals surface area contributed by atoms with Crippen molar-refractivity contribution in [3.05, 3.63) is 93.4 Å². The highest BCUT2D eigenvalue weighted by Gasteiger charge is 2.13.